The molecule has 2 aromatic carbocycles. The van der Waals surface area contributed by atoms with Crippen LogP contribution >= 0.6 is 0 Å². The monoisotopic (exact) mass is 349 g/mol. The molecule has 0 fully saturated rings. The Kier molecular flexibility index (Phi) is 5.90. The minimum atomic E-state index is -0.988. The molecule has 0 atom stereocenters. The Morgan fingerprint density at radius 3 is 2.42 bits per heavy atom. The van der Waals surface area contributed by atoms with Gasteiger partial charge in [0.1, 0.15) is 5.75 Å². The molecule has 2 N–H and O–H groups in total. The van der Waals surface area contributed by atoms with Gasteiger partial charge in [-0.15, -0.1) is 0 Å². The third-order valence-electron chi connectivity index (χ3n) is 3.70. The van der Waals surface area contributed by atoms with Crippen molar-refractivity contribution in [2.75, 3.05) is 6.61 Å². The summed E-state index contributed by atoms with van der Waals surface area (Å²) in [5.74, 6) is 0.280. The molecule has 0 aliphatic rings. The number of nitrogens with zero attached hydrogens (tertiary/aromatic N) is 2. The smallest absolute Gasteiger partial charge is 0.341 e. The fourth-order valence-corrected chi connectivity index (χ4v) is 2.46. The standard InChI is InChI=1S/C20H19N3O3/c24-19(25)14-26-18-4-1-3-16(11-18)13-21-12-15-5-7-17(8-6-15)20-22-9-2-10-23-20/h1-11,21H,12-14H2,(H,24,25). The van der Waals surface area contributed by atoms with Crippen molar-refractivity contribution in [1.29, 1.82) is 0 Å². The van der Waals surface area contributed by atoms with Gasteiger partial charge in [-0.05, 0) is 29.3 Å². The number of carboxylic acid groups (broad SMARTS) is 1. The largest absolute Gasteiger partial charge is 0.482 e. The number of aliphatic carboxylic acids is 1. The maximum Gasteiger partial charge on any atom is 0.341 e. The number of carboxylic acids is 1. The van der Waals surface area contributed by atoms with E-state index in [1.165, 1.54) is 0 Å². The molecule has 26 heavy (non-hydrogen) atoms. The van der Waals surface area contributed by atoms with E-state index in [2.05, 4.69) is 15.3 Å². The minimum absolute atomic E-state index is 0.339. The Bertz CT molecular complexity index is 852. The van der Waals surface area contributed by atoms with Crippen molar-refractivity contribution in [2.24, 2.45) is 0 Å². The first-order chi connectivity index (χ1) is 12.7. The highest BCUT2D eigenvalue weighted by Gasteiger charge is 2.02. The van der Waals surface area contributed by atoms with Crippen molar-refractivity contribution in [3.63, 3.8) is 0 Å². The summed E-state index contributed by atoms with van der Waals surface area (Å²) in [6, 6.07) is 17.3. The van der Waals surface area contributed by atoms with Crippen LogP contribution < -0.4 is 10.1 Å². The van der Waals surface area contributed by atoms with Gasteiger partial charge in [-0.3, -0.25) is 0 Å². The van der Waals surface area contributed by atoms with E-state index in [1.54, 1.807) is 24.5 Å². The number of aromatic nitrogens is 2. The van der Waals surface area contributed by atoms with Gasteiger partial charge < -0.3 is 15.2 Å². The molecule has 132 valence electrons. The van der Waals surface area contributed by atoms with Gasteiger partial charge in [-0.2, -0.15) is 0 Å². The van der Waals surface area contributed by atoms with Crippen LogP contribution in [0.5, 0.6) is 5.75 Å². The molecule has 0 spiro atoms. The number of rotatable bonds is 8. The van der Waals surface area contributed by atoms with Crippen LogP contribution in [0.4, 0.5) is 0 Å². The fourth-order valence-electron chi connectivity index (χ4n) is 2.46. The van der Waals surface area contributed by atoms with Crippen LogP contribution in [0.3, 0.4) is 0 Å². The van der Waals surface area contributed by atoms with Gasteiger partial charge >= 0.3 is 5.97 Å². The lowest BCUT2D eigenvalue weighted by molar-refractivity contribution is -0.139. The molecule has 6 heteroatoms. The zero-order valence-electron chi connectivity index (χ0n) is 14.1. The zero-order valence-corrected chi connectivity index (χ0v) is 14.1. The number of nitrogens with one attached hydrogen (secondary N) is 1. The Morgan fingerprint density at radius 1 is 0.962 bits per heavy atom. The van der Waals surface area contributed by atoms with Crippen LogP contribution in [0.15, 0.2) is 67.0 Å². The van der Waals surface area contributed by atoms with Crippen LogP contribution in [0.2, 0.25) is 0 Å². The molecule has 3 aromatic rings. The molecule has 0 aliphatic carbocycles. The second-order valence-corrected chi connectivity index (χ2v) is 5.70. The van der Waals surface area contributed by atoms with E-state index in [0.717, 1.165) is 23.2 Å². The highest BCUT2D eigenvalue weighted by molar-refractivity contribution is 5.68. The predicted molar refractivity (Wildman–Crippen MR) is 97.6 cm³/mol. The second kappa shape index (κ2) is 8.73. The third kappa shape index (κ3) is 5.12. The van der Waals surface area contributed by atoms with E-state index in [4.69, 9.17) is 9.84 Å². The highest BCUT2D eigenvalue weighted by Crippen LogP contribution is 2.15. The maximum atomic E-state index is 10.6. The molecule has 0 aliphatic heterocycles. The van der Waals surface area contributed by atoms with Crippen LogP contribution in [0, 0.1) is 0 Å². The Morgan fingerprint density at radius 2 is 1.69 bits per heavy atom. The van der Waals surface area contributed by atoms with Crippen LogP contribution in [0.25, 0.3) is 11.4 Å². The first-order valence-electron chi connectivity index (χ1n) is 8.21. The molecule has 0 saturated heterocycles. The van der Waals surface area contributed by atoms with Gasteiger partial charge in [0.2, 0.25) is 0 Å². The first kappa shape index (κ1) is 17.6. The number of benzene rings is 2. The normalized spacial score (nSPS) is 10.5. The number of hydrogen-bond acceptors (Lipinski definition) is 5. The van der Waals surface area contributed by atoms with E-state index in [9.17, 15) is 4.79 Å². The van der Waals surface area contributed by atoms with E-state index >= 15 is 0 Å². The first-order valence-corrected chi connectivity index (χ1v) is 8.21. The van der Waals surface area contributed by atoms with Crippen molar-refractivity contribution in [1.82, 2.24) is 15.3 Å². The van der Waals surface area contributed by atoms with Gasteiger partial charge in [0.25, 0.3) is 0 Å². The molecular weight excluding hydrogens is 330 g/mol. The lowest BCUT2D eigenvalue weighted by Crippen LogP contribution is -2.13. The SMILES string of the molecule is O=C(O)COc1cccc(CNCc2ccc(-c3ncccn3)cc2)c1. The lowest BCUT2D eigenvalue weighted by atomic mass is 10.1. The number of ether oxygens (including phenoxy) is 1. The van der Waals surface area contributed by atoms with Crippen LogP contribution in [0.1, 0.15) is 11.1 Å². The molecule has 0 unspecified atom stereocenters. The fraction of sp³-hybridized carbons (Fsp3) is 0.150. The second-order valence-electron chi connectivity index (χ2n) is 5.70. The van der Waals surface area contributed by atoms with Gasteiger partial charge in [0.05, 0.1) is 0 Å². The number of hydrogen-bond donors (Lipinski definition) is 2. The summed E-state index contributed by atoms with van der Waals surface area (Å²) in [5.41, 5.74) is 3.17. The van der Waals surface area contributed by atoms with E-state index in [-0.39, 0.29) is 6.61 Å². The lowest BCUT2D eigenvalue weighted by Gasteiger charge is -2.08. The van der Waals surface area contributed by atoms with Crippen molar-refractivity contribution in [2.45, 2.75) is 13.1 Å². The Labute approximate surface area is 151 Å². The van der Waals surface area contributed by atoms with E-state index < -0.39 is 5.97 Å². The summed E-state index contributed by atoms with van der Waals surface area (Å²) in [6.45, 7) is 1.04. The van der Waals surface area contributed by atoms with Crippen molar-refractivity contribution in [3.05, 3.63) is 78.1 Å². The third-order valence-corrected chi connectivity index (χ3v) is 3.70. The zero-order chi connectivity index (χ0) is 18.2. The Balaban J connectivity index is 1.52. The molecule has 6 nitrogen and oxygen atoms in total. The average Bonchev–Trinajstić information content (AvgIpc) is 2.68. The summed E-state index contributed by atoms with van der Waals surface area (Å²) >= 11 is 0. The summed E-state index contributed by atoms with van der Waals surface area (Å²) in [4.78, 5) is 19.0. The predicted octanol–water partition coefficient (Wildman–Crippen LogP) is 2.90. The molecule has 0 bridgehead atoms. The molecular formula is C20H19N3O3. The van der Waals surface area contributed by atoms with Crippen molar-refractivity contribution >= 4 is 5.97 Å². The molecule has 1 heterocycles. The summed E-state index contributed by atoms with van der Waals surface area (Å²) < 4.78 is 5.19. The summed E-state index contributed by atoms with van der Waals surface area (Å²) in [6.07, 6.45) is 3.46. The quantitative estimate of drug-likeness (QED) is 0.650. The molecule has 3 rings (SSSR count). The van der Waals surface area contributed by atoms with E-state index in [1.807, 2.05) is 42.5 Å². The van der Waals surface area contributed by atoms with Crippen molar-refractivity contribution < 1.29 is 14.6 Å². The molecule has 0 amide bonds. The van der Waals surface area contributed by atoms with Crippen molar-refractivity contribution in [3.8, 4) is 17.1 Å². The summed E-state index contributed by atoms with van der Waals surface area (Å²) in [7, 11) is 0. The molecule has 1 aromatic heterocycles. The number of carbonyl (C=O) groups is 1. The average molecular weight is 349 g/mol. The van der Waals surface area contributed by atoms with Gasteiger partial charge in [-0.1, -0.05) is 36.4 Å². The topological polar surface area (TPSA) is 84.3 Å². The minimum Gasteiger partial charge on any atom is -0.482 e. The van der Waals surface area contributed by atoms with Gasteiger partial charge in [0, 0.05) is 31.0 Å². The summed E-state index contributed by atoms with van der Waals surface area (Å²) in [5, 5.41) is 12.0. The highest BCUT2D eigenvalue weighted by atomic mass is 16.5. The maximum absolute atomic E-state index is 10.6. The van der Waals surface area contributed by atoms with Crippen LogP contribution in [-0.4, -0.2) is 27.7 Å². The Hall–Kier alpha value is -3.25. The molecule has 0 saturated carbocycles. The van der Waals surface area contributed by atoms with Crippen LogP contribution in [-0.2, 0) is 17.9 Å². The van der Waals surface area contributed by atoms with E-state index in [0.29, 0.717) is 18.1 Å². The molecule has 0 radical (unpaired) electrons. The van der Waals surface area contributed by atoms with Gasteiger partial charge in [0.15, 0.2) is 12.4 Å². The van der Waals surface area contributed by atoms with Gasteiger partial charge in [-0.25, -0.2) is 14.8 Å².